The van der Waals surface area contributed by atoms with Crippen molar-refractivity contribution >= 4 is 11.7 Å². The summed E-state index contributed by atoms with van der Waals surface area (Å²) in [7, 11) is 0. The predicted octanol–water partition coefficient (Wildman–Crippen LogP) is 6.67. The fourth-order valence-electron chi connectivity index (χ4n) is 6.06. The number of likely N-dealkylation sites (tertiary alicyclic amines) is 1. The Hall–Kier alpha value is -3.45. The van der Waals surface area contributed by atoms with Gasteiger partial charge in [-0.2, -0.15) is 0 Å². The van der Waals surface area contributed by atoms with Crippen LogP contribution in [0.4, 0.5) is 10.1 Å². The van der Waals surface area contributed by atoms with Crippen molar-refractivity contribution in [1.82, 2.24) is 9.88 Å². The number of pyridine rings is 1. The van der Waals surface area contributed by atoms with Gasteiger partial charge in [0.1, 0.15) is 11.6 Å². The number of halogens is 1. The second kappa shape index (κ2) is 12.6. The molecule has 3 heterocycles. The van der Waals surface area contributed by atoms with Crippen LogP contribution >= 0.6 is 0 Å². The van der Waals surface area contributed by atoms with E-state index in [9.17, 15) is 14.3 Å². The van der Waals surface area contributed by atoms with Crippen LogP contribution in [0.2, 0.25) is 0 Å². The molecule has 0 aliphatic carbocycles. The lowest BCUT2D eigenvalue weighted by molar-refractivity contribution is -0.136. The Morgan fingerprint density at radius 2 is 1.66 bits per heavy atom. The van der Waals surface area contributed by atoms with E-state index in [-0.39, 0.29) is 17.7 Å². The van der Waals surface area contributed by atoms with Gasteiger partial charge in [0.25, 0.3) is 0 Å². The molecule has 0 unspecified atom stereocenters. The molecular formula is C34H42FN3O3. The molecule has 6 nitrogen and oxygen atoms in total. The number of anilines is 1. The number of piperidine rings is 1. The topological polar surface area (TPSA) is 65.9 Å². The van der Waals surface area contributed by atoms with Crippen molar-refractivity contribution in [2.45, 2.75) is 65.8 Å². The number of hydrogen-bond acceptors (Lipinski definition) is 5. The van der Waals surface area contributed by atoms with E-state index in [1.165, 1.54) is 25.0 Å². The summed E-state index contributed by atoms with van der Waals surface area (Å²) >= 11 is 0. The Labute approximate surface area is 243 Å². The normalized spacial score (nSPS) is 17.1. The molecule has 0 saturated carbocycles. The molecule has 0 spiro atoms. The number of benzene rings is 2. The molecule has 7 heteroatoms. The molecule has 2 aliphatic heterocycles. The molecule has 0 bridgehead atoms. The minimum absolute atomic E-state index is 0.0460. The number of hydrogen-bond donors (Lipinski definition) is 1. The number of rotatable bonds is 10. The third-order valence-electron chi connectivity index (χ3n) is 8.60. The van der Waals surface area contributed by atoms with Crippen molar-refractivity contribution < 1.29 is 19.0 Å². The Bertz CT molecular complexity index is 1340. The van der Waals surface area contributed by atoms with Crippen molar-refractivity contribution in [2.24, 2.45) is 5.41 Å². The van der Waals surface area contributed by atoms with Crippen LogP contribution in [0.5, 0.6) is 5.75 Å². The maximum Gasteiger partial charge on any atom is 0.307 e. The van der Waals surface area contributed by atoms with Gasteiger partial charge in [-0.1, -0.05) is 38.1 Å². The maximum atomic E-state index is 13.2. The zero-order valence-corrected chi connectivity index (χ0v) is 24.6. The second-order valence-electron chi connectivity index (χ2n) is 12.3. The fraction of sp³-hybridized carbons (Fsp3) is 0.471. The van der Waals surface area contributed by atoms with Crippen LogP contribution in [0.1, 0.15) is 62.0 Å². The van der Waals surface area contributed by atoms with E-state index < -0.39 is 5.97 Å². The molecule has 0 amide bonds. The third kappa shape index (κ3) is 7.25. The number of nitrogens with zero attached hydrogens (tertiary/aromatic N) is 3. The van der Waals surface area contributed by atoms with E-state index >= 15 is 0 Å². The summed E-state index contributed by atoms with van der Waals surface area (Å²) in [5.74, 6) is -0.306. The number of aliphatic carboxylic acids is 1. The molecule has 218 valence electrons. The first-order chi connectivity index (χ1) is 19.7. The van der Waals surface area contributed by atoms with Gasteiger partial charge in [0.15, 0.2) is 0 Å². The summed E-state index contributed by atoms with van der Waals surface area (Å²) in [5, 5.41) is 9.88. The first-order valence-corrected chi connectivity index (χ1v) is 14.9. The molecule has 5 rings (SSSR count). The molecule has 2 aromatic carbocycles. The van der Waals surface area contributed by atoms with Crippen molar-refractivity contribution in [3.63, 3.8) is 0 Å². The molecule has 0 radical (unpaired) electrons. The number of carbonyl (C=O) groups is 1. The Morgan fingerprint density at radius 3 is 2.29 bits per heavy atom. The zero-order valence-electron chi connectivity index (χ0n) is 24.6. The van der Waals surface area contributed by atoms with Gasteiger partial charge in [0.2, 0.25) is 0 Å². The number of aryl methyl sites for hydroxylation is 1. The maximum absolute atomic E-state index is 13.2. The molecule has 2 fully saturated rings. The van der Waals surface area contributed by atoms with E-state index in [1.807, 2.05) is 19.1 Å². The van der Waals surface area contributed by atoms with Gasteiger partial charge in [-0.05, 0) is 86.5 Å². The Kier molecular flexibility index (Phi) is 8.93. The van der Waals surface area contributed by atoms with Gasteiger partial charge >= 0.3 is 5.97 Å². The largest absolute Gasteiger partial charge is 0.493 e. The van der Waals surface area contributed by atoms with Crippen molar-refractivity contribution in [2.75, 3.05) is 37.7 Å². The molecule has 3 aromatic rings. The van der Waals surface area contributed by atoms with Crippen molar-refractivity contribution in [3.8, 4) is 16.9 Å². The smallest absolute Gasteiger partial charge is 0.307 e. The van der Waals surface area contributed by atoms with Gasteiger partial charge in [-0.25, -0.2) is 4.39 Å². The monoisotopic (exact) mass is 559 g/mol. The van der Waals surface area contributed by atoms with Crippen LogP contribution in [0, 0.1) is 18.2 Å². The van der Waals surface area contributed by atoms with Crippen LogP contribution in [0.15, 0.2) is 48.5 Å². The van der Waals surface area contributed by atoms with Crippen molar-refractivity contribution in [3.05, 3.63) is 76.9 Å². The summed E-state index contributed by atoms with van der Waals surface area (Å²) in [5.41, 5.74) is 7.07. The fourth-order valence-corrected chi connectivity index (χ4v) is 6.06. The molecule has 2 aliphatic rings. The lowest BCUT2D eigenvalue weighted by Crippen LogP contribution is -2.38. The number of aromatic nitrogens is 1. The highest BCUT2D eigenvalue weighted by Crippen LogP contribution is 2.42. The predicted molar refractivity (Wildman–Crippen MR) is 161 cm³/mol. The number of carboxylic acid groups (broad SMARTS) is 1. The average molecular weight is 560 g/mol. The van der Waals surface area contributed by atoms with Crippen LogP contribution in [0.3, 0.4) is 0 Å². The van der Waals surface area contributed by atoms with Crippen molar-refractivity contribution in [1.29, 1.82) is 0 Å². The first-order valence-electron chi connectivity index (χ1n) is 14.9. The van der Waals surface area contributed by atoms with Gasteiger partial charge in [-0.15, -0.1) is 0 Å². The molecule has 41 heavy (non-hydrogen) atoms. The van der Waals surface area contributed by atoms with E-state index in [4.69, 9.17) is 9.72 Å². The standard InChI is InChI=1S/C34H42FN3O3/c1-24-29(22-31(39)40)33(38-19-15-34(2,3)16-20-38)32(30(36-24)23-37-17-4-5-18-37)26-8-12-28(13-9-26)41-21-14-25-6-10-27(35)11-7-25/h6-13H,4-5,14-23H2,1-3H3,(H,39,40). The second-order valence-corrected chi connectivity index (χ2v) is 12.3. The summed E-state index contributed by atoms with van der Waals surface area (Å²) in [6.45, 7) is 11.7. The van der Waals surface area contributed by atoms with Gasteiger partial charge < -0.3 is 14.7 Å². The average Bonchev–Trinajstić information content (AvgIpc) is 3.45. The van der Waals surface area contributed by atoms with Crippen LogP contribution in [-0.4, -0.2) is 53.7 Å². The summed E-state index contributed by atoms with van der Waals surface area (Å²) in [6, 6.07) is 14.6. The van der Waals surface area contributed by atoms with Crippen LogP contribution < -0.4 is 9.64 Å². The van der Waals surface area contributed by atoms with Gasteiger partial charge in [-0.3, -0.25) is 14.7 Å². The SMILES string of the molecule is Cc1nc(CN2CCCC2)c(-c2ccc(OCCc3ccc(F)cc3)cc2)c(N2CCC(C)(C)CC2)c1CC(=O)O. The van der Waals surface area contributed by atoms with Crippen LogP contribution in [0.25, 0.3) is 11.1 Å². The van der Waals surface area contributed by atoms with Crippen LogP contribution in [-0.2, 0) is 24.2 Å². The summed E-state index contributed by atoms with van der Waals surface area (Å²) < 4.78 is 19.2. The molecular weight excluding hydrogens is 517 g/mol. The summed E-state index contributed by atoms with van der Waals surface area (Å²) in [4.78, 5) is 22.0. The van der Waals surface area contributed by atoms with E-state index in [0.29, 0.717) is 13.0 Å². The van der Waals surface area contributed by atoms with Gasteiger partial charge in [0.05, 0.1) is 24.4 Å². The van der Waals surface area contributed by atoms with Gasteiger partial charge in [0, 0.05) is 42.9 Å². The quantitative estimate of drug-likeness (QED) is 0.299. The minimum Gasteiger partial charge on any atom is -0.493 e. The molecule has 2 saturated heterocycles. The number of ether oxygens (including phenoxy) is 1. The molecule has 1 aromatic heterocycles. The highest BCUT2D eigenvalue weighted by Gasteiger charge is 2.31. The first kappa shape index (κ1) is 29.1. The summed E-state index contributed by atoms with van der Waals surface area (Å²) in [6.07, 6.45) is 5.16. The minimum atomic E-state index is -0.836. The van der Waals surface area contributed by atoms with E-state index in [2.05, 4.69) is 35.8 Å². The lowest BCUT2D eigenvalue weighted by Gasteiger charge is -2.40. The zero-order chi connectivity index (χ0) is 29.0. The number of carboxylic acids is 1. The highest BCUT2D eigenvalue weighted by molar-refractivity contribution is 5.86. The highest BCUT2D eigenvalue weighted by atomic mass is 19.1. The Morgan fingerprint density at radius 1 is 1.00 bits per heavy atom. The third-order valence-corrected chi connectivity index (χ3v) is 8.60. The van der Waals surface area contributed by atoms with E-state index in [1.54, 1.807) is 12.1 Å². The Balaban J connectivity index is 1.49. The molecule has 1 N–H and O–H groups in total. The van der Waals surface area contributed by atoms with E-state index in [0.717, 1.165) is 90.6 Å². The molecule has 0 atom stereocenters. The lowest BCUT2D eigenvalue weighted by atomic mass is 9.82.